The molecule has 0 bridgehead atoms. The smallest absolute Gasteiger partial charge is 0.255 e. The molecule has 1 amide bonds. The van der Waals surface area contributed by atoms with Gasteiger partial charge in [-0.15, -0.1) is 0 Å². The van der Waals surface area contributed by atoms with Crippen LogP contribution in [0.15, 0.2) is 43.2 Å². The number of aryl methyl sites for hydroxylation is 2. The summed E-state index contributed by atoms with van der Waals surface area (Å²) in [5.41, 5.74) is 2.77. The number of carbonyl (C=O) groups is 1. The van der Waals surface area contributed by atoms with Crippen molar-refractivity contribution in [1.82, 2.24) is 29.2 Å². The fourth-order valence-corrected chi connectivity index (χ4v) is 3.91. The lowest BCUT2D eigenvalue weighted by Gasteiger charge is -2.33. The molecule has 4 rings (SSSR count). The van der Waals surface area contributed by atoms with Gasteiger partial charge in [-0.2, -0.15) is 5.10 Å². The van der Waals surface area contributed by atoms with Gasteiger partial charge >= 0.3 is 0 Å². The molecule has 1 aliphatic heterocycles. The quantitative estimate of drug-likeness (QED) is 0.696. The lowest BCUT2D eigenvalue weighted by atomic mass is 9.97. The maximum atomic E-state index is 12.9. The van der Waals surface area contributed by atoms with Crippen LogP contribution in [-0.4, -0.2) is 48.2 Å². The van der Waals surface area contributed by atoms with Gasteiger partial charge in [0.25, 0.3) is 5.91 Å². The summed E-state index contributed by atoms with van der Waals surface area (Å²) in [6.45, 7) is 5.13. The Morgan fingerprint density at radius 3 is 2.93 bits per heavy atom. The van der Waals surface area contributed by atoms with Crippen molar-refractivity contribution >= 4 is 11.7 Å². The molecule has 3 aromatic rings. The van der Waals surface area contributed by atoms with Gasteiger partial charge in [0.15, 0.2) is 0 Å². The van der Waals surface area contributed by atoms with Crippen LogP contribution in [0.4, 0.5) is 5.82 Å². The topological polar surface area (TPSA) is 80.9 Å². The van der Waals surface area contributed by atoms with Crippen LogP contribution in [0, 0.1) is 12.8 Å². The first-order chi connectivity index (χ1) is 14.1. The van der Waals surface area contributed by atoms with Crippen molar-refractivity contribution in [2.75, 3.05) is 18.4 Å². The third kappa shape index (κ3) is 4.64. The minimum atomic E-state index is 0.0579. The van der Waals surface area contributed by atoms with Crippen molar-refractivity contribution in [2.24, 2.45) is 13.0 Å². The first kappa shape index (κ1) is 19.2. The zero-order chi connectivity index (χ0) is 20.2. The normalized spacial score (nSPS) is 16.8. The highest BCUT2D eigenvalue weighted by molar-refractivity contribution is 5.94. The molecule has 0 radical (unpaired) electrons. The van der Waals surface area contributed by atoms with Gasteiger partial charge in [-0.25, -0.2) is 9.97 Å². The summed E-state index contributed by atoms with van der Waals surface area (Å²) in [5, 5.41) is 7.64. The largest absolute Gasteiger partial charge is 0.366 e. The van der Waals surface area contributed by atoms with E-state index in [1.165, 1.54) is 0 Å². The molecule has 0 spiro atoms. The predicted octanol–water partition coefficient (Wildman–Crippen LogP) is 2.48. The molecule has 152 valence electrons. The lowest BCUT2D eigenvalue weighted by molar-refractivity contribution is 0.0662. The van der Waals surface area contributed by atoms with Gasteiger partial charge in [0.05, 0.1) is 17.6 Å². The minimum absolute atomic E-state index is 0.0579. The van der Waals surface area contributed by atoms with Crippen LogP contribution in [-0.2, 0) is 20.1 Å². The summed E-state index contributed by atoms with van der Waals surface area (Å²) in [6.07, 6.45) is 11.4. The summed E-state index contributed by atoms with van der Waals surface area (Å²) in [7, 11) is 1.91. The van der Waals surface area contributed by atoms with Crippen LogP contribution in [0.5, 0.6) is 0 Å². The number of rotatable bonds is 6. The number of hydrogen-bond donors (Lipinski definition) is 1. The van der Waals surface area contributed by atoms with Gasteiger partial charge in [0.2, 0.25) is 0 Å². The number of carbonyl (C=O) groups excluding carboxylic acids is 1. The SMILES string of the molecule is Cc1nn(C)cc1CNc1ccc(C(=O)N2CCC[C@H](Cn3ccnc3)C2)cn1. The Morgan fingerprint density at radius 2 is 2.24 bits per heavy atom. The van der Waals surface area contributed by atoms with Crippen molar-refractivity contribution in [1.29, 1.82) is 0 Å². The summed E-state index contributed by atoms with van der Waals surface area (Å²) in [4.78, 5) is 23.4. The third-order valence-corrected chi connectivity index (χ3v) is 5.42. The Morgan fingerprint density at radius 1 is 1.34 bits per heavy atom. The number of amides is 1. The second-order valence-electron chi connectivity index (χ2n) is 7.72. The van der Waals surface area contributed by atoms with E-state index < -0.39 is 0 Å². The van der Waals surface area contributed by atoms with E-state index in [9.17, 15) is 4.79 Å². The van der Waals surface area contributed by atoms with E-state index in [-0.39, 0.29) is 5.91 Å². The molecule has 29 heavy (non-hydrogen) atoms. The average Bonchev–Trinajstić information content (AvgIpc) is 3.35. The van der Waals surface area contributed by atoms with Gasteiger partial charge in [0.1, 0.15) is 5.82 Å². The number of nitrogens with one attached hydrogen (secondary N) is 1. The second kappa shape index (κ2) is 8.46. The van der Waals surface area contributed by atoms with Gasteiger partial charge in [-0.1, -0.05) is 0 Å². The number of likely N-dealkylation sites (tertiary alicyclic amines) is 1. The fraction of sp³-hybridized carbons (Fsp3) is 0.429. The molecular weight excluding hydrogens is 366 g/mol. The molecule has 0 saturated carbocycles. The molecule has 1 fully saturated rings. The van der Waals surface area contributed by atoms with Gasteiger partial charge in [-0.3, -0.25) is 9.48 Å². The first-order valence-electron chi connectivity index (χ1n) is 10.0. The number of nitrogens with zero attached hydrogens (tertiary/aromatic N) is 6. The van der Waals surface area contributed by atoms with Crippen molar-refractivity contribution in [3.63, 3.8) is 0 Å². The third-order valence-electron chi connectivity index (χ3n) is 5.42. The number of anilines is 1. The van der Waals surface area contributed by atoms with E-state index in [2.05, 4.69) is 25.0 Å². The molecule has 4 heterocycles. The molecule has 3 aromatic heterocycles. The van der Waals surface area contributed by atoms with Gasteiger partial charge in [0, 0.05) is 63.6 Å². The number of imidazole rings is 1. The Hall–Kier alpha value is -3.16. The Bertz CT molecular complexity index is 946. The summed E-state index contributed by atoms with van der Waals surface area (Å²) >= 11 is 0. The van der Waals surface area contributed by atoms with Gasteiger partial charge in [-0.05, 0) is 37.8 Å². The maximum Gasteiger partial charge on any atom is 0.255 e. The molecule has 0 unspecified atom stereocenters. The summed E-state index contributed by atoms with van der Waals surface area (Å²) < 4.78 is 3.89. The number of piperidine rings is 1. The van der Waals surface area contributed by atoms with Crippen LogP contribution in [0.3, 0.4) is 0 Å². The molecule has 8 heteroatoms. The molecule has 1 atom stereocenters. The van der Waals surface area contributed by atoms with Crippen LogP contribution >= 0.6 is 0 Å². The Labute approximate surface area is 170 Å². The van der Waals surface area contributed by atoms with Crippen molar-refractivity contribution in [3.8, 4) is 0 Å². The van der Waals surface area contributed by atoms with Gasteiger partial charge < -0.3 is 14.8 Å². The van der Waals surface area contributed by atoms with E-state index in [0.717, 1.165) is 49.6 Å². The van der Waals surface area contributed by atoms with E-state index in [1.807, 2.05) is 49.7 Å². The number of hydrogen-bond acceptors (Lipinski definition) is 5. The minimum Gasteiger partial charge on any atom is -0.366 e. The van der Waals surface area contributed by atoms with Crippen LogP contribution < -0.4 is 5.32 Å². The highest BCUT2D eigenvalue weighted by Gasteiger charge is 2.25. The zero-order valence-corrected chi connectivity index (χ0v) is 17.0. The number of pyridine rings is 1. The van der Waals surface area contributed by atoms with E-state index >= 15 is 0 Å². The summed E-state index contributed by atoms with van der Waals surface area (Å²) in [5.74, 6) is 1.27. The highest BCUT2D eigenvalue weighted by atomic mass is 16.2. The molecule has 1 aliphatic rings. The maximum absolute atomic E-state index is 12.9. The van der Waals surface area contributed by atoms with Crippen LogP contribution in [0.1, 0.15) is 34.5 Å². The second-order valence-corrected chi connectivity index (χ2v) is 7.72. The molecule has 1 N–H and O–H groups in total. The Balaban J connectivity index is 1.34. The fourth-order valence-electron chi connectivity index (χ4n) is 3.91. The van der Waals surface area contributed by atoms with E-state index in [0.29, 0.717) is 18.0 Å². The zero-order valence-electron chi connectivity index (χ0n) is 17.0. The Kier molecular flexibility index (Phi) is 5.59. The molecule has 8 nitrogen and oxygen atoms in total. The molecule has 0 aliphatic carbocycles. The molecule has 1 saturated heterocycles. The van der Waals surface area contributed by atoms with E-state index in [4.69, 9.17) is 0 Å². The van der Waals surface area contributed by atoms with Crippen molar-refractivity contribution in [3.05, 3.63) is 60.1 Å². The van der Waals surface area contributed by atoms with Crippen LogP contribution in [0.2, 0.25) is 0 Å². The standard InChI is InChI=1S/C21H27N7O/c1-16-19(14-26(2)25-16)11-24-20-6-5-18(10-23-20)21(29)28-8-3-4-17(13-28)12-27-9-7-22-15-27/h5-7,9-10,14-15,17H,3-4,8,11-13H2,1-2H3,(H,23,24)/t17-/m1/s1. The molecule has 0 aromatic carbocycles. The average molecular weight is 393 g/mol. The predicted molar refractivity (Wildman–Crippen MR) is 110 cm³/mol. The highest BCUT2D eigenvalue weighted by Crippen LogP contribution is 2.20. The molecular formula is C21H27N7O. The van der Waals surface area contributed by atoms with Crippen LogP contribution in [0.25, 0.3) is 0 Å². The van der Waals surface area contributed by atoms with Crippen molar-refractivity contribution in [2.45, 2.75) is 32.9 Å². The first-order valence-corrected chi connectivity index (χ1v) is 10.0. The monoisotopic (exact) mass is 393 g/mol. The summed E-state index contributed by atoms with van der Waals surface area (Å²) in [6, 6.07) is 3.72. The number of aromatic nitrogens is 5. The van der Waals surface area contributed by atoms with E-state index in [1.54, 1.807) is 17.1 Å². The van der Waals surface area contributed by atoms with Crippen molar-refractivity contribution < 1.29 is 4.79 Å². The lowest BCUT2D eigenvalue weighted by Crippen LogP contribution is -2.41.